The summed E-state index contributed by atoms with van der Waals surface area (Å²) in [5.74, 6) is 1.87. The average molecular weight is 458 g/mol. The van der Waals surface area contributed by atoms with Gasteiger partial charge in [-0.2, -0.15) is 4.98 Å². The first kappa shape index (κ1) is 20.6. The molecule has 0 saturated carbocycles. The molecule has 2 aliphatic heterocycles. The van der Waals surface area contributed by atoms with E-state index in [0.29, 0.717) is 56.1 Å². The molecule has 162 valence electrons. The quantitative estimate of drug-likeness (QED) is 0.608. The van der Waals surface area contributed by atoms with E-state index in [1.54, 1.807) is 0 Å². The van der Waals surface area contributed by atoms with E-state index in [-0.39, 0.29) is 5.41 Å². The van der Waals surface area contributed by atoms with Crippen molar-refractivity contribution < 1.29 is 8.95 Å². The largest absolute Gasteiger partial charge is 0.380 e. The number of rotatable bonds is 5. The number of fused-ring (bicyclic) bond motifs is 2. The molecule has 2 aromatic carbocycles. The van der Waals surface area contributed by atoms with Crippen LogP contribution in [0.3, 0.4) is 0 Å². The zero-order chi connectivity index (χ0) is 21.4. The minimum atomic E-state index is -1.03. The van der Waals surface area contributed by atoms with Crippen LogP contribution in [0.15, 0.2) is 47.4 Å². The van der Waals surface area contributed by atoms with Gasteiger partial charge < -0.3 is 20.7 Å². The van der Waals surface area contributed by atoms with Crippen molar-refractivity contribution in [3.05, 3.63) is 53.1 Å². The molecular weight excluding hydrogens is 434 g/mol. The number of anilines is 2. The molecule has 1 unspecified atom stereocenters. The number of halogens is 1. The highest BCUT2D eigenvalue weighted by Gasteiger charge is 2.37. The van der Waals surface area contributed by atoms with Crippen molar-refractivity contribution in [2.45, 2.75) is 11.4 Å². The zero-order valence-corrected chi connectivity index (χ0v) is 18.6. The molecule has 2 aliphatic rings. The van der Waals surface area contributed by atoms with Gasteiger partial charge in [-0.05, 0) is 29.8 Å². The van der Waals surface area contributed by atoms with Gasteiger partial charge in [-0.3, -0.25) is 4.21 Å². The number of ether oxygens (including phenoxy) is 1. The number of hydrogen-bond acceptors (Lipinski definition) is 7. The number of benzene rings is 2. The van der Waals surface area contributed by atoms with Crippen LogP contribution in [-0.4, -0.2) is 52.8 Å². The van der Waals surface area contributed by atoms with Gasteiger partial charge in [0, 0.05) is 52.7 Å². The third-order valence-corrected chi connectivity index (χ3v) is 7.61. The first-order valence-electron chi connectivity index (χ1n) is 10.3. The van der Waals surface area contributed by atoms with E-state index < -0.39 is 10.8 Å². The lowest BCUT2D eigenvalue weighted by molar-refractivity contribution is -0.0979. The van der Waals surface area contributed by atoms with Crippen LogP contribution in [0.1, 0.15) is 5.56 Å². The van der Waals surface area contributed by atoms with Crippen LogP contribution >= 0.6 is 11.6 Å². The highest BCUT2D eigenvalue weighted by Crippen LogP contribution is 2.31. The fraction of sp³-hybridized carbons (Fsp3) is 0.364. The van der Waals surface area contributed by atoms with Gasteiger partial charge in [-0.1, -0.05) is 29.8 Å². The monoisotopic (exact) mass is 457 g/mol. The minimum absolute atomic E-state index is 0.0749. The van der Waals surface area contributed by atoms with Gasteiger partial charge in [-0.25, -0.2) is 4.98 Å². The number of hydrogen-bond donors (Lipinski definition) is 2. The van der Waals surface area contributed by atoms with Gasteiger partial charge in [0.25, 0.3) is 0 Å². The second kappa shape index (κ2) is 8.35. The van der Waals surface area contributed by atoms with Crippen molar-refractivity contribution in [1.82, 2.24) is 9.97 Å². The number of nitrogens with zero attached hydrogens (tertiary/aromatic N) is 3. The molecule has 3 aromatic rings. The van der Waals surface area contributed by atoms with Crippen LogP contribution in [0.5, 0.6) is 0 Å². The number of nitrogens with one attached hydrogen (secondary N) is 1. The number of aromatic nitrogens is 2. The maximum atomic E-state index is 12.7. The van der Waals surface area contributed by atoms with E-state index in [1.807, 2.05) is 42.5 Å². The SMILES string of the molecule is NCC1(CNc2nc(N3CCS(=O)c4ccccc4C3)nc3ccc(Cl)cc23)COC1. The molecule has 0 bridgehead atoms. The van der Waals surface area contributed by atoms with Crippen LogP contribution in [0.25, 0.3) is 10.9 Å². The van der Waals surface area contributed by atoms with E-state index in [4.69, 9.17) is 32.0 Å². The summed E-state index contributed by atoms with van der Waals surface area (Å²) >= 11 is 6.26. The summed E-state index contributed by atoms with van der Waals surface area (Å²) < 4.78 is 18.1. The fourth-order valence-corrected chi connectivity index (χ4v) is 5.37. The summed E-state index contributed by atoms with van der Waals surface area (Å²) in [5, 5.41) is 4.97. The molecule has 0 amide bonds. The highest BCUT2D eigenvalue weighted by atomic mass is 35.5. The minimum Gasteiger partial charge on any atom is -0.380 e. The second-order valence-electron chi connectivity index (χ2n) is 8.16. The van der Waals surface area contributed by atoms with Crippen molar-refractivity contribution >= 4 is 45.1 Å². The molecule has 9 heteroatoms. The van der Waals surface area contributed by atoms with Gasteiger partial charge in [0.2, 0.25) is 5.95 Å². The molecule has 1 atom stereocenters. The molecule has 3 N–H and O–H groups in total. The predicted molar refractivity (Wildman–Crippen MR) is 124 cm³/mol. The third-order valence-electron chi connectivity index (χ3n) is 5.93. The molecule has 0 spiro atoms. The summed E-state index contributed by atoms with van der Waals surface area (Å²) in [6, 6.07) is 13.5. The molecule has 3 heterocycles. The smallest absolute Gasteiger partial charge is 0.228 e. The molecular formula is C22H24ClN5O2S. The molecule has 0 radical (unpaired) electrons. The van der Waals surface area contributed by atoms with Gasteiger partial charge in [0.05, 0.1) is 29.5 Å². The van der Waals surface area contributed by atoms with E-state index in [2.05, 4.69) is 10.2 Å². The lowest BCUT2D eigenvalue weighted by Gasteiger charge is -2.40. The molecule has 1 saturated heterocycles. The Hall–Kier alpha value is -2.26. The molecule has 0 aliphatic carbocycles. The van der Waals surface area contributed by atoms with E-state index >= 15 is 0 Å². The predicted octanol–water partition coefficient (Wildman–Crippen LogP) is 2.80. The Morgan fingerprint density at radius 3 is 2.84 bits per heavy atom. The summed E-state index contributed by atoms with van der Waals surface area (Å²) in [7, 11) is -1.03. The lowest BCUT2D eigenvalue weighted by Crippen LogP contribution is -2.52. The van der Waals surface area contributed by atoms with E-state index in [9.17, 15) is 4.21 Å². The maximum absolute atomic E-state index is 12.7. The highest BCUT2D eigenvalue weighted by molar-refractivity contribution is 7.85. The van der Waals surface area contributed by atoms with Crippen molar-refractivity contribution in [2.24, 2.45) is 11.1 Å². The molecule has 1 aromatic heterocycles. The van der Waals surface area contributed by atoms with Crippen LogP contribution < -0.4 is 16.0 Å². The topological polar surface area (TPSA) is 93.4 Å². The van der Waals surface area contributed by atoms with Gasteiger partial charge in [0.15, 0.2) is 0 Å². The summed E-state index contributed by atoms with van der Waals surface area (Å²) in [4.78, 5) is 12.7. The van der Waals surface area contributed by atoms with Crippen LogP contribution in [0.4, 0.5) is 11.8 Å². The standard InChI is InChI=1S/C22H24ClN5O2S/c23-16-5-6-18-17(9-16)20(25-12-22(11-24)13-30-14-22)27-21(26-18)28-7-8-31(29)19-4-2-1-3-15(19)10-28/h1-6,9H,7-8,10-14,24H2,(H,25,26,27). The Bertz CT molecular complexity index is 1150. The Labute approximate surface area is 188 Å². The van der Waals surface area contributed by atoms with Crippen LogP contribution in [0, 0.1) is 5.41 Å². The van der Waals surface area contributed by atoms with E-state index in [1.165, 1.54) is 0 Å². The first-order valence-corrected chi connectivity index (χ1v) is 12.0. The summed E-state index contributed by atoms with van der Waals surface area (Å²) in [6.07, 6.45) is 0. The third kappa shape index (κ3) is 4.01. The number of nitrogens with two attached hydrogens (primary N) is 1. The van der Waals surface area contributed by atoms with Crippen molar-refractivity contribution in [3.63, 3.8) is 0 Å². The maximum Gasteiger partial charge on any atom is 0.228 e. The normalized spacial score (nSPS) is 20.1. The summed E-state index contributed by atoms with van der Waals surface area (Å²) in [5.41, 5.74) is 7.76. The zero-order valence-electron chi connectivity index (χ0n) is 17.0. The summed E-state index contributed by atoms with van der Waals surface area (Å²) in [6.45, 7) is 3.71. The second-order valence-corrected chi connectivity index (χ2v) is 10.1. The Morgan fingerprint density at radius 2 is 2.06 bits per heavy atom. The Kier molecular flexibility index (Phi) is 5.56. The molecule has 5 rings (SSSR count). The van der Waals surface area contributed by atoms with Crippen molar-refractivity contribution in [3.8, 4) is 0 Å². The van der Waals surface area contributed by atoms with Gasteiger partial charge in [0.1, 0.15) is 5.82 Å². The van der Waals surface area contributed by atoms with Crippen molar-refractivity contribution in [1.29, 1.82) is 0 Å². The lowest BCUT2D eigenvalue weighted by atomic mass is 9.86. The average Bonchev–Trinajstić information content (AvgIpc) is 2.92. The fourth-order valence-electron chi connectivity index (χ4n) is 3.93. The van der Waals surface area contributed by atoms with Gasteiger partial charge in [-0.15, -0.1) is 0 Å². The molecule has 7 nitrogen and oxygen atoms in total. The van der Waals surface area contributed by atoms with E-state index in [0.717, 1.165) is 27.2 Å². The van der Waals surface area contributed by atoms with Crippen LogP contribution in [0.2, 0.25) is 5.02 Å². The van der Waals surface area contributed by atoms with Crippen LogP contribution in [-0.2, 0) is 22.1 Å². The Balaban J connectivity index is 1.52. The first-order chi connectivity index (χ1) is 15.1. The molecule has 1 fully saturated rings. The Morgan fingerprint density at radius 1 is 1.23 bits per heavy atom. The van der Waals surface area contributed by atoms with Gasteiger partial charge >= 0.3 is 0 Å². The van der Waals surface area contributed by atoms with Crippen molar-refractivity contribution in [2.75, 3.05) is 48.8 Å². The molecule has 31 heavy (non-hydrogen) atoms.